The summed E-state index contributed by atoms with van der Waals surface area (Å²) in [5.41, 5.74) is 3.39. The molecule has 4 nitrogen and oxygen atoms in total. The van der Waals surface area contributed by atoms with Gasteiger partial charge < -0.3 is 10.1 Å². The zero-order valence-corrected chi connectivity index (χ0v) is 15.2. The van der Waals surface area contributed by atoms with Crippen molar-refractivity contribution in [2.45, 2.75) is 38.8 Å². The molecule has 0 radical (unpaired) electrons. The molecule has 0 fully saturated rings. The third kappa shape index (κ3) is 3.65. The second-order valence-corrected chi connectivity index (χ2v) is 6.40. The molecule has 6 heteroatoms. The highest BCUT2D eigenvalue weighted by Crippen LogP contribution is 2.32. The summed E-state index contributed by atoms with van der Waals surface area (Å²) in [4.78, 5) is 0. The Morgan fingerprint density at radius 1 is 1.39 bits per heavy atom. The van der Waals surface area contributed by atoms with Crippen molar-refractivity contribution in [2.75, 3.05) is 6.61 Å². The van der Waals surface area contributed by atoms with Crippen molar-refractivity contribution < 1.29 is 4.74 Å². The second kappa shape index (κ2) is 7.56. The predicted molar refractivity (Wildman–Crippen MR) is 95.7 cm³/mol. The number of para-hydroxylation sites is 1. The van der Waals surface area contributed by atoms with Gasteiger partial charge in [-0.05, 0) is 12.0 Å². The molecule has 1 aliphatic rings. The Hall–Kier alpha value is -1.23. The van der Waals surface area contributed by atoms with Gasteiger partial charge in [0.15, 0.2) is 0 Å². The highest BCUT2D eigenvalue weighted by Gasteiger charge is 2.23. The molecule has 1 atom stereocenters. The highest BCUT2D eigenvalue weighted by molar-refractivity contribution is 6.30. The maximum absolute atomic E-state index is 6.41. The van der Waals surface area contributed by atoms with E-state index in [-0.39, 0.29) is 12.4 Å². The van der Waals surface area contributed by atoms with Gasteiger partial charge in [-0.1, -0.05) is 43.6 Å². The lowest BCUT2D eigenvalue weighted by Gasteiger charge is -2.26. The first-order chi connectivity index (χ1) is 10.6. The van der Waals surface area contributed by atoms with E-state index in [2.05, 4.69) is 36.4 Å². The summed E-state index contributed by atoms with van der Waals surface area (Å²) in [7, 11) is 1.89. The Morgan fingerprint density at radius 2 is 2.13 bits per heavy atom. The Kier molecular flexibility index (Phi) is 5.95. The Labute approximate surface area is 148 Å². The molecule has 23 heavy (non-hydrogen) atoms. The van der Waals surface area contributed by atoms with Crippen molar-refractivity contribution in [3.63, 3.8) is 0 Å². The fraction of sp³-hybridized carbons (Fsp3) is 0.471. The minimum atomic E-state index is 0. The average Bonchev–Trinajstić information content (AvgIpc) is 2.81. The van der Waals surface area contributed by atoms with E-state index in [1.54, 1.807) is 4.68 Å². The maximum atomic E-state index is 6.41. The van der Waals surface area contributed by atoms with Crippen LogP contribution in [0, 0.1) is 0 Å². The lowest BCUT2D eigenvalue weighted by atomic mass is 10.00. The zero-order valence-electron chi connectivity index (χ0n) is 13.7. The van der Waals surface area contributed by atoms with Crippen LogP contribution in [0.5, 0.6) is 5.75 Å². The number of aryl methyl sites for hydroxylation is 1. The summed E-state index contributed by atoms with van der Waals surface area (Å²) in [6.07, 6.45) is 0.964. The number of hydrogen-bond donors (Lipinski definition) is 1. The van der Waals surface area contributed by atoms with Gasteiger partial charge in [0.05, 0.1) is 12.3 Å². The number of hydrogen-bond acceptors (Lipinski definition) is 3. The van der Waals surface area contributed by atoms with Gasteiger partial charge in [0.25, 0.3) is 0 Å². The molecule has 2 heterocycles. The van der Waals surface area contributed by atoms with Gasteiger partial charge in [-0.3, -0.25) is 4.68 Å². The Bertz CT molecular complexity index is 670. The highest BCUT2D eigenvalue weighted by atomic mass is 35.5. The Morgan fingerprint density at radius 3 is 2.87 bits per heavy atom. The van der Waals surface area contributed by atoms with Gasteiger partial charge in [0.2, 0.25) is 0 Å². The number of ether oxygens (including phenoxy) is 1. The van der Waals surface area contributed by atoms with Crippen LogP contribution in [0.4, 0.5) is 0 Å². The molecule has 1 aliphatic heterocycles. The van der Waals surface area contributed by atoms with Crippen LogP contribution < -0.4 is 10.1 Å². The standard InChI is InChI=1S/C17H22ClN3O.ClH/c1-11(2)16-13(17(18)21(3)20-16)10-19-14-8-9-22-15-7-5-4-6-12(14)15;/h4-7,11,14,19H,8-10H2,1-3H3;1H. The molecule has 0 spiro atoms. The first-order valence-electron chi connectivity index (χ1n) is 7.74. The van der Waals surface area contributed by atoms with Crippen LogP contribution >= 0.6 is 24.0 Å². The van der Waals surface area contributed by atoms with E-state index >= 15 is 0 Å². The van der Waals surface area contributed by atoms with E-state index in [1.165, 1.54) is 5.56 Å². The van der Waals surface area contributed by atoms with Crippen molar-refractivity contribution >= 4 is 24.0 Å². The monoisotopic (exact) mass is 355 g/mol. The Balaban J connectivity index is 0.00000192. The summed E-state index contributed by atoms with van der Waals surface area (Å²) in [5, 5.41) is 8.88. The van der Waals surface area contributed by atoms with Crippen LogP contribution in [0.15, 0.2) is 24.3 Å². The van der Waals surface area contributed by atoms with E-state index in [0.29, 0.717) is 12.0 Å². The fourth-order valence-electron chi connectivity index (χ4n) is 2.97. The summed E-state index contributed by atoms with van der Waals surface area (Å²) in [5.74, 6) is 1.34. The van der Waals surface area contributed by atoms with Crippen molar-refractivity contribution in [2.24, 2.45) is 7.05 Å². The predicted octanol–water partition coefficient (Wildman–Crippen LogP) is 4.23. The number of halogens is 2. The third-order valence-electron chi connectivity index (χ3n) is 4.13. The number of aromatic nitrogens is 2. The van der Waals surface area contributed by atoms with Crippen molar-refractivity contribution in [3.05, 3.63) is 46.2 Å². The summed E-state index contributed by atoms with van der Waals surface area (Å²) in [6, 6.07) is 8.51. The van der Waals surface area contributed by atoms with Crippen LogP contribution in [0.2, 0.25) is 5.15 Å². The van der Waals surface area contributed by atoms with Crippen molar-refractivity contribution in [1.82, 2.24) is 15.1 Å². The number of nitrogens with zero attached hydrogens (tertiary/aromatic N) is 2. The van der Waals surface area contributed by atoms with Gasteiger partial charge in [-0.15, -0.1) is 12.4 Å². The van der Waals surface area contributed by atoms with E-state index in [1.807, 2.05) is 19.2 Å². The zero-order chi connectivity index (χ0) is 15.7. The largest absolute Gasteiger partial charge is 0.493 e. The molecular formula is C17H23Cl2N3O. The normalized spacial score (nSPS) is 16.7. The van der Waals surface area contributed by atoms with Gasteiger partial charge >= 0.3 is 0 Å². The number of fused-ring (bicyclic) bond motifs is 1. The lowest BCUT2D eigenvalue weighted by molar-refractivity contribution is 0.252. The summed E-state index contributed by atoms with van der Waals surface area (Å²) in [6.45, 7) is 5.75. The summed E-state index contributed by atoms with van der Waals surface area (Å²) >= 11 is 6.41. The molecule has 0 saturated heterocycles. The van der Waals surface area contributed by atoms with Crippen LogP contribution in [0.25, 0.3) is 0 Å². The van der Waals surface area contributed by atoms with E-state index in [9.17, 15) is 0 Å². The minimum absolute atomic E-state index is 0. The maximum Gasteiger partial charge on any atom is 0.131 e. The first kappa shape index (κ1) is 18.1. The van der Waals surface area contributed by atoms with Crippen LogP contribution in [-0.2, 0) is 13.6 Å². The van der Waals surface area contributed by atoms with Crippen LogP contribution in [0.3, 0.4) is 0 Å². The van der Waals surface area contributed by atoms with Crippen molar-refractivity contribution in [1.29, 1.82) is 0 Å². The van der Waals surface area contributed by atoms with Crippen molar-refractivity contribution in [3.8, 4) is 5.75 Å². The van der Waals surface area contributed by atoms with Crippen LogP contribution in [0.1, 0.15) is 49.0 Å². The quantitative estimate of drug-likeness (QED) is 0.891. The molecule has 1 aromatic heterocycles. The molecule has 1 aromatic carbocycles. The van der Waals surface area contributed by atoms with E-state index in [0.717, 1.165) is 41.7 Å². The van der Waals surface area contributed by atoms with Gasteiger partial charge in [0.1, 0.15) is 10.9 Å². The van der Waals surface area contributed by atoms with Gasteiger partial charge in [-0.25, -0.2) is 0 Å². The molecule has 1 unspecified atom stereocenters. The molecule has 0 amide bonds. The molecule has 0 saturated carbocycles. The van der Waals surface area contributed by atoms with E-state index < -0.39 is 0 Å². The lowest BCUT2D eigenvalue weighted by Crippen LogP contribution is -2.27. The molecule has 0 aliphatic carbocycles. The molecule has 1 N–H and O–H groups in total. The fourth-order valence-corrected chi connectivity index (χ4v) is 3.18. The minimum Gasteiger partial charge on any atom is -0.493 e. The van der Waals surface area contributed by atoms with E-state index in [4.69, 9.17) is 16.3 Å². The molecule has 126 valence electrons. The smallest absolute Gasteiger partial charge is 0.131 e. The average molecular weight is 356 g/mol. The SMILES string of the molecule is CC(C)c1nn(C)c(Cl)c1CNC1CCOc2ccccc21.Cl. The molecule has 0 bridgehead atoms. The summed E-state index contributed by atoms with van der Waals surface area (Å²) < 4.78 is 7.47. The third-order valence-corrected chi connectivity index (χ3v) is 4.60. The van der Waals surface area contributed by atoms with Gasteiger partial charge in [0, 0.05) is 37.2 Å². The number of nitrogens with one attached hydrogen (secondary N) is 1. The second-order valence-electron chi connectivity index (χ2n) is 6.04. The number of benzene rings is 1. The molecule has 2 aromatic rings. The van der Waals surface area contributed by atoms with Crippen LogP contribution in [-0.4, -0.2) is 16.4 Å². The molecular weight excluding hydrogens is 333 g/mol. The van der Waals surface area contributed by atoms with Gasteiger partial charge in [-0.2, -0.15) is 5.10 Å². The molecule has 3 rings (SSSR count). The topological polar surface area (TPSA) is 39.1 Å². The first-order valence-corrected chi connectivity index (χ1v) is 8.12. The number of rotatable bonds is 4.